The van der Waals surface area contributed by atoms with E-state index >= 15 is 0 Å². The van der Waals surface area contributed by atoms with Crippen LogP contribution in [-0.2, 0) is 0 Å². The minimum absolute atomic E-state index is 0. The lowest BCUT2D eigenvalue weighted by molar-refractivity contribution is 0.214. The van der Waals surface area contributed by atoms with Gasteiger partial charge >= 0.3 is 0 Å². The standard InChI is InChI=1S/C22H30FN5O.HI/c1-16-7-6-10-21(26-16)28-13-11-18(12-14-28)27-22(24-3)25-15-17(2)29-20-9-5-4-8-19(20)23;/h4-10,17-18H,11-15H2,1-3H3,(H2,24,25,27);1H. The summed E-state index contributed by atoms with van der Waals surface area (Å²) in [6.45, 7) is 6.36. The number of rotatable bonds is 6. The maximum atomic E-state index is 13.7. The Balaban J connectivity index is 0.00000320. The molecule has 2 heterocycles. The summed E-state index contributed by atoms with van der Waals surface area (Å²) >= 11 is 0. The van der Waals surface area contributed by atoms with Crippen molar-refractivity contribution in [1.82, 2.24) is 15.6 Å². The minimum atomic E-state index is -0.350. The van der Waals surface area contributed by atoms with E-state index in [1.54, 1.807) is 25.2 Å². The number of aliphatic imine (C=N–C) groups is 1. The number of guanidine groups is 1. The number of halogens is 2. The zero-order valence-electron chi connectivity index (χ0n) is 17.8. The van der Waals surface area contributed by atoms with Crippen LogP contribution in [0.1, 0.15) is 25.5 Å². The number of para-hydroxylation sites is 1. The van der Waals surface area contributed by atoms with E-state index in [4.69, 9.17) is 4.74 Å². The van der Waals surface area contributed by atoms with Gasteiger partial charge in [-0.25, -0.2) is 9.37 Å². The number of pyridine rings is 1. The summed E-state index contributed by atoms with van der Waals surface area (Å²) in [5, 5.41) is 6.75. The van der Waals surface area contributed by atoms with Crippen LogP contribution in [0, 0.1) is 12.7 Å². The van der Waals surface area contributed by atoms with E-state index in [1.165, 1.54) is 6.07 Å². The summed E-state index contributed by atoms with van der Waals surface area (Å²) in [5.41, 5.74) is 1.04. The fraction of sp³-hybridized carbons (Fsp3) is 0.455. The first-order chi connectivity index (χ1) is 14.0. The SMILES string of the molecule is CN=C(NCC(C)Oc1ccccc1F)NC1CCN(c2cccc(C)n2)CC1.I. The van der Waals surface area contributed by atoms with Crippen molar-refractivity contribution in [2.45, 2.75) is 38.8 Å². The van der Waals surface area contributed by atoms with Crippen LogP contribution in [0.4, 0.5) is 10.2 Å². The number of piperidine rings is 1. The van der Waals surface area contributed by atoms with E-state index in [0.717, 1.165) is 43.4 Å². The molecule has 0 saturated carbocycles. The summed E-state index contributed by atoms with van der Waals surface area (Å²) in [6.07, 6.45) is 1.83. The third-order valence-electron chi connectivity index (χ3n) is 4.98. The average molecular weight is 527 g/mol. The van der Waals surface area contributed by atoms with Crippen molar-refractivity contribution in [3.8, 4) is 5.75 Å². The Hall–Kier alpha value is -2.10. The fourth-order valence-corrected chi connectivity index (χ4v) is 3.38. The molecule has 0 bridgehead atoms. The second kappa shape index (κ2) is 11.9. The normalized spacial score (nSPS) is 15.9. The summed E-state index contributed by atoms with van der Waals surface area (Å²) < 4.78 is 19.4. The number of aromatic nitrogens is 1. The van der Waals surface area contributed by atoms with Gasteiger partial charge in [0.05, 0.1) is 6.54 Å². The van der Waals surface area contributed by atoms with Crippen molar-refractivity contribution < 1.29 is 9.13 Å². The monoisotopic (exact) mass is 527 g/mol. The van der Waals surface area contributed by atoms with E-state index < -0.39 is 0 Å². The average Bonchev–Trinajstić information content (AvgIpc) is 2.73. The number of nitrogens with one attached hydrogen (secondary N) is 2. The summed E-state index contributed by atoms with van der Waals surface area (Å²) in [4.78, 5) is 11.2. The molecule has 1 atom stereocenters. The summed E-state index contributed by atoms with van der Waals surface area (Å²) in [6, 6.07) is 12.9. The van der Waals surface area contributed by atoms with E-state index in [2.05, 4.69) is 37.6 Å². The maximum absolute atomic E-state index is 13.7. The molecule has 1 aromatic carbocycles. The zero-order valence-corrected chi connectivity index (χ0v) is 20.1. The Morgan fingerprint density at radius 2 is 1.97 bits per heavy atom. The highest BCUT2D eigenvalue weighted by Gasteiger charge is 2.21. The molecule has 164 valence electrons. The molecule has 1 saturated heterocycles. The van der Waals surface area contributed by atoms with Gasteiger partial charge in [-0.2, -0.15) is 0 Å². The molecule has 1 aromatic heterocycles. The van der Waals surface area contributed by atoms with Crippen LogP contribution in [0.5, 0.6) is 5.75 Å². The number of anilines is 1. The highest BCUT2D eigenvalue weighted by molar-refractivity contribution is 14.0. The molecule has 2 N–H and O–H groups in total. The van der Waals surface area contributed by atoms with Gasteiger partial charge in [0, 0.05) is 31.9 Å². The molecule has 3 rings (SSSR count). The maximum Gasteiger partial charge on any atom is 0.191 e. The first kappa shape index (κ1) is 24.2. The third kappa shape index (κ3) is 7.00. The van der Waals surface area contributed by atoms with E-state index in [-0.39, 0.29) is 41.6 Å². The Morgan fingerprint density at radius 1 is 1.23 bits per heavy atom. The highest BCUT2D eigenvalue weighted by atomic mass is 127. The van der Waals surface area contributed by atoms with Gasteiger partial charge in [-0.15, -0.1) is 24.0 Å². The molecule has 30 heavy (non-hydrogen) atoms. The zero-order chi connectivity index (χ0) is 20.6. The van der Waals surface area contributed by atoms with Crippen molar-refractivity contribution in [3.05, 3.63) is 54.0 Å². The van der Waals surface area contributed by atoms with Gasteiger partial charge in [0.25, 0.3) is 0 Å². The predicted molar refractivity (Wildman–Crippen MR) is 131 cm³/mol. The Bertz CT molecular complexity index is 827. The van der Waals surface area contributed by atoms with E-state index in [1.807, 2.05) is 19.9 Å². The highest BCUT2D eigenvalue weighted by Crippen LogP contribution is 2.18. The van der Waals surface area contributed by atoms with Crippen LogP contribution >= 0.6 is 24.0 Å². The number of aryl methyl sites for hydroxylation is 1. The molecule has 1 aliphatic rings. The third-order valence-corrected chi connectivity index (χ3v) is 4.98. The molecular weight excluding hydrogens is 496 g/mol. The number of hydrogen-bond acceptors (Lipinski definition) is 4. The molecular formula is C22H31FIN5O. The number of nitrogens with zero attached hydrogens (tertiary/aromatic N) is 3. The van der Waals surface area contributed by atoms with Gasteiger partial charge < -0.3 is 20.3 Å². The smallest absolute Gasteiger partial charge is 0.191 e. The van der Waals surface area contributed by atoms with Crippen molar-refractivity contribution in [3.63, 3.8) is 0 Å². The lowest BCUT2D eigenvalue weighted by atomic mass is 10.1. The van der Waals surface area contributed by atoms with Crippen molar-refractivity contribution in [2.24, 2.45) is 4.99 Å². The van der Waals surface area contributed by atoms with Crippen molar-refractivity contribution in [1.29, 1.82) is 0 Å². The molecule has 0 radical (unpaired) electrons. The molecule has 1 unspecified atom stereocenters. The number of benzene rings is 1. The van der Waals surface area contributed by atoms with Gasteiger partial charge in [0.2, 0.25) is 0 Å². The molecule has 6 nitrogen and oxygen atoms in total. The second-order valence-corrected chi connectivity index (χ2v) is 7.35. The molecule has 0 spiro atoms. The Morgan fingerprint density at radius 3 is 2.63 bits per heavy atom. The quantitative estimate of drug-likeness (QED) is 0.341. The number of ether oxygens (including phenoxy) is 1. The van der Waals surface area contributed by atoms with E-state index in [0.29, 0.717) is 12.6 Å². The first-order valence-corrected chi connectivity index (χ1v) is 10.1. The summed E-state index contributed by atoms with van der Waals surface area (Å²) in [7, 11) is 1.75. The molecule has 0 aliphatic carbocycles. The van der Waals surface area contributed by atoms with E-state index in [9.17, 15) is 4.39 Å². The van der Waals surface area contributed by atoms with Gasteiger partial charge in [0.1, 0.15) is 11.9 Å². The Labute approximate surface area is 195 Å². The van der Waals surface area contributed by atoms with Crippen molar-refractivity contribution >= 4 is 35.8 Å². The lowest BCUT2D eigenvalue weighted by Crippen LogP contribution is -2.50. The van der Waals surface area contributed by atoms with Crippen LogP contribution in [0.15, 0.2) is 47.5 Å². The van der Waals surface area contributed by atoms with Crippen molar-refractivity contribution in [2.75, 3.05) is 31.6 Å². The van der Waals surface area contributed by atoms with Crippen LogP contribution in [0.3, 0.4) is 0 Å². The molecule has 8 heteroatoms. The van der Waals surface area contributed by atoms with Crippen LogP contribution in [-0.4, -0.2) is 49.8 Å². The largest absolute Gasteiger partial charge is 0.486 e. The fourth-order valence-electron chi connectivity index (χ4n) is 3.38. The van der Waals surface area contributed by atoms with Gasteiger partial charge in [-0.1, -0.05) is 18.2 Å². The van der Waals surface area contributed by atoms with Crippen LogP contribution < -0.4 is 20.3 Å². The van der Waals surface area contributed by atoms with Gasteiger partial charge in [0.15, 0.2) is 17.5 Å². The van der Waals surface area contributed by atoms with Gasteiger partial charge in [-0.05, 0) is 51.0 Å². The molecule has 0 amide bonds. The van der Waals surface area contributed by atoms with Crippen LogP contribution in [0.25, 0.3) is 0 Å². The minimum Gasteiger partial charge on any atom is -0.486 e. The van der Waals surface area contributed by atoms with Gasteiger partial charge in [-0.3, -0.25) is 4.99 Å². The Kier molecular flexibility index (Phi) is 9.61. The predicted octanol–water partition coefficient (Wildman–Crippen LogP) is 3.75. The first-order valence-electron chi connectivity index (χ1n) is 10.1. The molecule has 2 aromatic rings. The topological polar surface area (TPSA) is 61.8 Å². The lowest BCUT2D eigenvalue weighted by Gasteiger charge is -2.34. The molecule has 1 aliphatic heterocycles. The molecule has 1 fully saturated rings. The number of hydrogen-bond donors (Lipinski definition) is 2. The van der Waals surface area contributed by atoms with Crippen LogP contribution in [0.2, 0.25) is 0 Å². The summed E-state index contributed by atoms with van der Waals surface area (Å²) in [5.74, 6) is 1.70. The second-order valence-electron chi connectivity index (χ2n) is 7.35.